The number of benzene rings is 1. The summed E-state index contributed by atoms with van der Waals surface area (Å²) in [5.74, 6) is -0.447. The van der Waals surface area contributed by atoms with Crippen molar-refractivity contribution in [3.63, 3.8) is 0 Å². The molecule has 9 N–H and O–H groups in total. The Morgan fingerprint density at radius 3 is 2.19 bits per heavy atom. The van der Waals surface area contributed by atoms with Gasteiger partial charge in [0.15, 0.2) is 5.96 Å². The minimum absolute atomic E-state index is 0. The lowest BCUT2D eigenvalue weighted by Crippen LogP contribution is -2.48. The van der Waals surface area contributed by atoms with Crippen LogP contribution < -0.4 is 33.2 Å². The zero-order valence-corrected chi connectivity index (χ0v) is 23.9. The summed E-state index contributed by atoms with van der Waals surface area (Å²) in [6, 6.07) is 9.55. The fourth-order valence-electron chi connectivity index (χ4n) is 3.15. The first kappa shape index (κ1) is 39.7. The molecule has 0 heterocycles. The second-order valence-corrected chi connectivity index (χ2v) is 8.11. The van der Waals surface area contributed by atoms with Crippen LogP contribution in [0.4, 0.5) is 0 Å². The van der Waals surface area contributed by atoms with Crippen LogP contribution in [0.1, 0.15) is 56.9 Å². The van der Waals surface area contributed by atoms with Gasteiger partial charge in [-0.15, -0.1) is 37.2 Å². The van der Waals surface area contributed by atoms with Crippen LogP contribution in [0.3, 0.4) is 0 Å². The van der Waals surface area contributed by atoms with E-state index in [1.807, 2.05) is 30.3 Å². The second-order valence-electron chi connectivity index (χ2n) is 8.11. The maximum Gasteiger partial charge on any atom is 0.270 e. The van der Waals surface area contributed by atoms with Crippen LogP contribution in [0.25, 0.3) is 0 Å². The summed E-state index contributed by atoms with van der Waals surface area (Å²) in [5, 5.41) is 8.90. The maximum atomic E-state index is 12.7. The standard InChI is InChI=1S/C24H43N7O3.3ClH/c25-14-10-16-28-15-8-9-17-29-22(33)23(34-19-20-11-4-3-5-12-20)31-21(32)13-6-1-2-7-18-30-24(26)27;;;/h3-5,11-12,23,28H,1-2,6-10,13-19,25H2,(H,29,33)(H,31,32)(H4,26,27,30);3*1H. The lowest BCUT2D eigenvalue weighted by Gasteiger charge is -2.19. The predicted octanol–water partition coefficient (Wildman–Crippen LogP) is 1.97. The smallest absolute Gasteiger partial charge is 0.270 e. The number of hydrogen-bond donors (Lipinski definition) is 6. The maximum absolute atomic E-state index is 12.7. The lowest BCUT2D eigenvalue weighted by molar-refractivity contribution is -0.142. The molecule has 0 aliphatic carbocycles. The monoisotopic (exact) mass is 585 g/mol. The normalized spacial score (nSPS) is 10.6. The molecule has 1 atom stereocenters. The number of rotatable bonds is 20. The molecular formula is C24H46Cl3N7O3. The van der Waals surface area contributed by atoms with Gasteiger partial charge in [-0.1, -0.05) is 43.2 Å². The highest BCUT2D eigenvalue weighted by Gasteiger charge is 2.21. The van der Waals surface area contributed by atoms with Gasteiger partial charge >= 0.3 is 0 Å². The molecule has 0 bridgehead atoms. The molecule has 216 valence electrons. The van der Waals surface area contributed by atoms with Crippen molar-refractivity contribution in [2.45, 2.75) is 64.2 Å². The molecule has 13 heteroatoms. The number of nitrogens with zero attached hydrogens (tertiary/aromatic N) is 1. The van der Waals surface area contributed by atoms with E-state index in [-0.39, 0.29) is 61.6 Å². The number of nitrogens with one attached hydrogen (secondary N) is 3. The summed E-state index contributed by atoms with van der Waals surface area (Å²) in [6.45, 7) is 3.81. The number of carbonyl (C=O) groups excluding carboxylic acids is 2. The molecule has 0 aliphatic heterocycles. The molecule has 0 aliphatic rings. The van der Waals surface area contributed by atoms with Crippen molar-refractivity contribution < 1.29 is 14.3 Å². The third-order valence-electron chi connectivity index (χ3n) is 5.03. The molecule has 37 heavy (non-hydrogen) atoms. The SMILES string of the molecule is Cl.Cl.Cl.NCCCNCCCCNC(=O)C(NC(=O)CCCCCCN=C(N)N)OCc1ccccc1. The highest BCUT2D eigenvalue weighted by Crippen LogP contribution is 2.06. The van der Waals surface area contributed by atoms with Gasteiger partial charge in [0.05, 0.1) is 6.61 Å². The molecule has 1 aromatic carbocycles. The molecule has 1 aromatic rings. The number of unbranched alkanes of at least 4 members (excludes halogenated alkanes) is 4. The molecule has 1 rings (SSSR count). The minimum Gasteiger partial charge on any atom is -0.370 e. The molecule has 0 spiro atoms. The Kier molecular flexibility index (Phi) is 29.2. The molecular weight excluding hydrogens is 541 g/mol. The van der Waals surface area contributed by atoms with Gasteiger partial charge in [-0.25, -0.2) is 0 Å². The molecule has 2 amide bonds. The van der Waals surface area contributed by atoms with Gasteiger partial charge in [0, 0.05) is 19.5 Å². The van der Waals surface area contributed by atoms with Gasteiger partial charge < -0.3 is 37.9 Å². The lowest BCUT2D eigenvalue weighted by atomic mass is 10.1. The quantitative estimate of drug-likeness (QED) is 0.0587. The summed E-state index contributed by atoms with van der Waals surface area (Å²) in [5.41, 5.74) is 17.0. The van der Waals surface area contributed by atoms with Gasteiger partial charge in [-0.05, 0) is 57.3 Å². The summed E-state index contributed by atoms with van der Waals surface area (Å²) < 4.78 is 5.76. The summed E-state index contributed by atoms with van der Waals surface area (Å²) >= 11 is 0. The Hall–Kier alpha value is -1.82. The Morgan fingerprint density at radius 1 is 0.865 bits per heavy atom. The average Bonchev–Trinajstić information content (AvgIpc) is 2.83. The van der Waals surface area contributed by atoms with Crippen LogP contribution in [0.5, 0.6) is 0 Å². The summed E-state index contributed by atoms with van der Waals surface area (Å²) in [6.07, 6.45) is 5.43. The van der Waals surface area contributed by atoms with Crippen molar-refractivity contribution in [1.29, 1.82) is 0 Å². The third-order valence-corrected chi connectivity index (χ3v) is 5.03. The molecule has 0 radical (unpaired) electrons. The Balaban J connectivity index is -0.00000385. The van der Waals surface area contributed by atoms with Crippen molar-refractivity contribution in [1.82, 2.24) is 16.0 Å². The van der Waals surface area contributed by atoms with Gasteiger partial charge in [-0.3, -0.25) is 14.6 Å². The van der Waals surface area contributed by atoms with E-state index < -0.39 is 6.23 Å². The van der Waals surface area contributed by atoms with Crippen molar-refractivity contribution in [2.24, 2.45) is 22.2 Å². The van der Waals surface area contributed by atoms with Crippen molar-refractivity contribution in [3.05, 3.63) is 35.9 Å². The van der Waals surface area contributed by atoms with Crippen LogP contribution >= 0.6 is 37.2 Å². The van der Waals surface area contributed by atoms with E-state index in [4.69, 9.17) is 21.9 Å². The number of halogens is 3. The van der Waals surface area contributed by atoms with Crippen LogP contribution in [0.2, 0.25) is 0 Å². The Labute approximate surface area is 239 Å². The van der Waals surface area contributed by atoms with E-state index in [9.17, 15) is 9.59 Å². The number of guanidine groups is 1. The highest BCUT2D eigenvalue weighted by atomic mass is 35.5. The predicted molar refractivity (Wildman–Crippen MR) is 157 cm³/mol. The first-order chi connectivity index (χ1) is 16.5. The van der Waals surface area contributed by atoms with Crippen molar-refractivity contribution in [3.8, 4) is 0 Å². The first-order valence-electron chi connectivity index (χ1n) is 12.2. The molecule has 0 fully saturated rings. The molecule has 0 saturated carbocycles. The van der Waals surface area contributed by atoms with Crippen molar-refractivity contribution in [2.75, 3.05) is 32.7 Å². The molecule has 10 nitrogen and oxygen atoms in total. The van der Waals surface area contributed by atoms with Crippen LogP contribution in [0, 0.1) is 0 Å². The fraction of sp³-hybridized carbons (Fsp3) is 0.625. The van der Waals surface area contributed by atoms with E-state index in [2.05, 4.69) is 20.9 Å². The Morgan fingerprint density at radius 2 is 1.51 bits per heavy atom. The van der Waals surface area contributed by atoms with Gasteiger partial charge in [0.1, 0.15) is 0 Å². The molecule has 0 aromatic heterocycles. The minimum atomic E-state index is -1.03. The zero-order valence-electron chi connectivity index (χ0n) is 21.5. The summed E-state index contributed by atoms with van der Waals surface area (Å²) in [7, 11) is 0. The van der Waals surface area contributed by atoms with E-state index in [0.717, 1.165) is 63.6 Å². The van der Waals surface area contributed by atoms with Crippen LogP contribution in [-0.2, 0) is 20.9 Å². The third kappa shape index (κ3) is 23.1. The van der Waals surface area contributed by atoms with E-state index in [1.165, 1.54) is 0 Å². The Bertz CT molecular complexity index is 712. The number of carbonyl (C=O) groups is 2. The topological polar surface area (TPSA) is 170 Å². The van der Waals surface area contributed by atoms with Crippen LogP contribution in [0.15, 0.2) is 35.3 Å². The molecule has 0 saturated heterocycles. The van der Waals surface area contributed by atoms with Gasteiger partial charge in [0.25, 0.3) is 5.91 Å². The zero-order chi connectivity index (χ0) is 24.9. The number of hydrogen-bond acceptors (Lipinski definition) is 6. The first-order valence-corrected chi connectivity index (χ1v) is 12.2. The van der Waals surface area contributed by atoms with Gasteiger partial charge in [-0.2, -0.15) is 0 Å². The average molecular weight is 587 g/mol. The van der Waals surface area contributed by atoms with Crippen LogP contribution in [-0.4, -0.2) is 56.7 Å². The number of aliphatic imine (C=N–C) groups is 1. The van der Waals surface area contributed by atoms with E-state index in [0.29, 0.717) is 26.1 Å². The van der Waals surface area contributed by atoms with E-state index >= 15 is 0 Å². The number of amides is 2. The highest BCUT2D eigenvalue weighted by molar-refractivity contribution is 5.86. The fourth-order valence-corrected chi connectivity index (χ4v) is 3.15. The van der Waals surface area contributed by atoms with Crippen molar-refractivity contribution >= 4 is 55.0 Å². The summed E-state index contributed by atoms with van der Waals surface area (Å²) in [4.78, 5) is 29.0. The largest absolute Gasteiger partial charge is 0.370 e. The number of ether oxygens (including phenoxy) is 1. The molecule has 1 unspecified atom stereocenters. The van der Waals surface area contributed by atoms with Gasteiger partial charge in [0.2, 0.25) is 12.1 Å². The number of nitrogens with two attached hydrogens (primary N) is 3. The second kappa shape index (κ2) is 27.2. The van der Waals surface area contributed by atoms with E-state index in [1.54, 1.807) is 0 Å².